The lowest BCUT2D eigenvalue weighted by Gasteiger charge is -2.43. The third-order valence-electron chi connectivity index (χ3n) is 5.14. The average molecular weight is 367 g/mol. The largest absolute Gasteiger partial charge is 0.364 e. The molecular weight excluding hydrogens is 338 g/mol. The van der Waals surface area contributed by atoms with E-state index in [0.29, 0.717) is 24.2 Å². The maximum absolute atomic E-state index is 12.9. The fourth-order valence-corrected chi connectivity index (χ4v) is 3.59. The summed E-state index contributed by atoms with van der Waals surface area (Å²) >= 11 is 0. The Morgan fingerprint density at radius 2 is 2.07 bits per heavy atom. The van der Waals surface area contributed by atoms with Gasteiger partial charge in [0.05, 0.1) is 17.8 Å². The van der Waals surface area contributed by atoms with E-state index in [2.05, 4.69) is 41.0 Å². The Bertz CT molecular complexity index is 732. The smallest absolute Gasteiger partial charge is 0.255 e. The zero-order valence-corrected chi connectivity index (χ0v) is 16.4. The van der Waals surface area contributed by atoms with E-state index in [1.807, 2.05) is 35.2 Å². The van der Waals surface area contributed by atoms with Gasteiger partial charge in [0.25, 0.3) is 5.91 Å². The number of anilines is 1. The van der Waals surface area contributed by atoms with Crippen molar-refractivity contribution in [2.24, 2.45) is 0 Å². The quantitative estimate of drug-likeness (QED) is 0.850. The van der Waals surface area contributed by atoms with Crippen LogP contribution in [0.15, 0.2) is 42.7 Å². The molecular formula is C21H29N5O. The molecule has 2 aromatic rings. The SMILES string of the molecule is CCC1CN(C(=O)c2ccc(NCc3ccccn3)nc2)CCN1C(C)C. The van der Waals surface area contributed by atoms with E-state index >= 15 is 0 Å². The Morgan fingerprint density at radius 1 is 1.22 bits per heavy atom. The van der Waals surface area contributed by atoms with Crippen molar-refractivity contribution in [2.75, 3.05) is 25.0 Å². The number of nitrogens with one attached hydrogen (secondary N) is 1. The number of amides is 1. The van der Waals surface area contributed by atoms with Crippen molar-refractivity contribution < 1.29 is 4.79 Å². The van der Waals surface area contributed by atoms with Gasteiger partial charge >= 0.3 is 0 Å². The molecule has 0 bridgehead atoms. The van der Waals surface area contributed by atoms with Crippen molar-refractivity contribution in [1.29, 1.82) is 0 Å². The van der Waals surface area contributed by atoms with E-state index in [0.717, 1.165) is 37.6 Å². The van der Waals surface area contributed by atoms with Crippen LogP contribution in [0.3, 0.4) is 0 Å². The molecule has 144 valence electrons. The average Bonchev–Trinajstić information content (AvgIpc) is 2.72. The number of hydrogen-bond donors (Lipinski definition) is 1. The third-order valence-corrected chi connectivity index (χ3v) is 5.14. The number of aromatic nitrogens is 2. The van der Waals surface area contributed by atoms with Gasteiger partial charge in [-0.2, -0.15) is 0 Å². The second kappa shape index (κ2) is 8.95. The molecule has 3 heterocycles. The van der Waals surface area contributed by atoms with Crippen molar-refractivity contribution in [3.8, 4) is 0 Å². The van der Waals surface area contributed by atoms with E-state index in [1.165, 1.54) is 0 Å². The molecule has 27 heavy (non-hydrogen) atoms. The van der Waals surface area contributed by atoms with Crippen molar-refractivity contribution >= 4 is 11.7 Å². The standard InChI is InChI=1S/C21H29N5O/c1-4-19-15-25(11-12-26(19)16(2)3)21(27)17-8-9-20(23-13-17)24-14-18-7-5-6-10-22-18/h5-10,13,16,19H,4,11-12,14-15H2,1-3H3,(H,23,24). The zero-order valence-electron chi connectivity index (χ0n) is 16.4. The summed E-state index contributed by atoms with van der Waals surface area (Å²) in [6.07, 6.45) is 4.49. The predicted molar refractivity (Wildman–Crippen MR) is 108 cm³/mol. The molecule has 0 saturated carbocycles. The van der Waals surface area contributed by atoms with Gasteiger partial charge in [-0.25, -0.2) is 4.98 Å². The van der Waals surface area contributed by atoms with Crippen LogP contribution in [0.5, 0.6) is 0 Å². The zero-order chi connectivity index (χ0) is 19.2. The van der Waals surface area contributed by atoms with Crippen LogP contribution >= 0.6 is 0 Å². The molecule has 0 spiro atoms. The molecule has 0 aliphatic carbocycles. The Morgan fingerprint density at radius 3 is 2.70 bits per heavy atom. The number of hydrogen-bond acceptors (Lipinski definition) is 5. The molecule has 1 unspecified atom stereocenters. The van der Waals surface area contributed by atoms with E-state index in [-0.39, 0.29) is 5.91 Å². The minimum absolute atomic E-state index is 0.0700. The molecule has 3 rings (SSSR count). The van der Waals surface area contributed by atoms with E-state index in [1.54, 1.807) is 12.4 Å². The first-order chi connectivity index (χ1) is 13.1. The van der Waals surface area contributed by atoms with Crippen molar-refractivity contribution in [1.82, 2.24) is 19.8 Å². The van der Waals surface area contributed by atoms with Crippen LogP contribution in [0.1, 0.15) is 43.2 Å². The highest BCUT2D eigenvalue weighted by Crippen LogP contribution is 2.18. The number of carbonyl (C=O) groups is 1. The second-order valence-electron chi connectivity index (χ2n) is 7.25. The Hall–Kier alpha value is -2.47. The molecule has 0 aromatic carbocycles. The van der Waals surface area contributed by atoms with Crippen LogP contribution in [0.2, 0.25) is 0 Å². The van der Waals surface area contributed by atoms with Gasteiger partial charge < -0.3 is 10.2 Å². The molecule has 1 aliphatic rings. The molecule has 0 radical (unpaired) electrons. The first kappa shape index (κ1) is 19.3. The number of rotatable bonds is 6. The lowest BCUT2D eigenvalue weighted by Crippen LogP contribution is -2.56. The highest BCUT2D eigenvalue weighted by molar-refractivity contribution is 5.94. The Labute approximate surface area is 161 Å². The van der Waals surface area contributed by atoms with Gasteiger partial charge in [-0.3, -0.25) is 14.7 Å². The summed E-state index contributed by atoms with van der Waals surface area (Å²) in [5.41, 5.74) is 1.60. The fourth-order valence-electron chi connectivity index (χ4n) is 3.59. The van der Waals surface area contributed by atoms with E-state index < -0.39 is 0 Å². The molecule has 1 saturated heterocycles. The predicted octanol–water partition coefficient (Wildman–Crippen LogP) is 3.03. The number of carbonyl (C=O) groups excluding carboxylic acids is 1. The summed E-state index contributed by atoms with van der Waals surface area (Å²) in [5.74, 6) is 0.814. The van der Waals surface area contributed by atoms with Crippen LogP contribution in [-0.4, -0.2) is 57.4 Å². The lowest BCUT2D eigenvalue weighted by molar-refractivity contribution is 0.0371. The topological polar surface area (TPSA) is 61.4 Å². The Kier molecular flexibility index (Phi) is 6.40. The summed E-state index contributed by atoms with van der Waals surface area (Å²) in [5, 5.41) is 3.24. The highest BCUT2D eigenvalue weighted by atomic mass is 16.2. The first-order valence-electron chi connectivity index (χ1n) is 9.73. The molecule has 6 heteroatoms. The summed E-state index contributed by atoms with van der Waals surface area (Å²) in [4.78, 5) is 26.0. The van der Waals surface area contributed by atoms with Crippen LogP contribution in [-0.2, 0) is 6.54 Å². The van der Waals surface area contributed by atoms with E-state index in [9.17, 15) is 4.79 Å². The number of nitrogens with zero attached hydrogens (tertiary/aromatic N) is 4. The summed E-state index contributed by atoms with van der Waals surface area (Å²) < 4.78 is 0. The first-order valence-corrected chi connectivity index (χ1v) is 9.73. The minimum atomic E-state index is 0.0700. The van der Waals surface area contributed by atoms with Gasteiger partial charge in [0.1, 0.15) is 5.82 Å². The molecule has 1 atom stereocenters. The van der Waals surface area contributed by atoms with Gasteiger partial charge in [-0.1, -0.05) is 13.0 Å². The highest BCUT2D eigenvalue weighted by Gasteiger charge is 2.30. The summed E-state index contributed by atoms with van der Waals surface area (Å²) in [7, 11) is 0. The maximum Gasteiger partial charge on any atom is 0.255 e. The number of piperazine rings is 1. The van der Waals surface area contributed by atoms with Gasteiger partial charge in [-0.05, 0) is 44.5 Å². The monoisotopic (exact) mass is 367 g/mol. The minimum Gasteiger partial charge on any atom is -0.364 e. The van der Waals surface area contributed by atoms with Crippen LogP contribution < -0.4 is 5.32 Å². The van der Waals surface area contributed by atoms with Gasteiger partial charge in [-0.15, -0.1) is 0 Å². The van der Waals surface area contributed by atoms with Crippen LogP contribution in [0, 0.1) is 0 Å². The molecule has 1 aliphatic heterocycles. The normalized spacial score (nSPS) is 17.9. The molecule has 1 N–H and O–H groups in total. The van der Waals surface area contributed by atoms with Crippen LogP contribution in [0.25, 0.3) is 0 Å². The maximum atomic E-state index is 12.9. The van der Waals surface area contributed by atoms with Gasteiger partial charge in [0, 0.05) is 44.1 Å². The van der Waals surface area contributed by atoms with Gasteiger partial charge in [0.2, 0.25) is 0 Å². The fraction of sp³-hybridized carbons (Fsp3) is 0.476. The van der Waals surface area contributed by atoms with Crippen LogP contribution in [0.4, 0.5) is 5.82 Å². The van der Waals surface area contributed by atoms with Gasteiger partial charge in [0.15, 0.2) is 0 Å². The lowest BCUT2D eigenvalue weighted by atomic mass is 10.1. The summed E-state index contributed by atoms with van der Waals surface area (Å²) in [6.45, 7) is 9.73. The molecule has 2 aromatic heterocycles. The van der Waals surface area contributed by atoms with Crippen molar-refractivity contribution in [3.05, 3.63) is 54.0 Å². The molecule has 1 amide bonds. The second-order valence-corrected chi connectivity index (χ2v) is 7.25. The Balaban J connectivity index is 1.59. The number of pyridine rings is 2. The van der Waals surface area contributed by atoms with Crippen molar-refractivity contribution in [3.63, 3.8) is 0 Å². The van der Waals surface area contributed by atoms with Crippen molar-refractivity contribution in [2.45, 2.75) is 45.8 Å². The summed E-state index contributed by atoms with van der Waals surface area (Å²) in [6, 6.07) is 10.5. The molecule has 1 fully saturated rings. The molecule has 6 nitrogen and oxygen atoms in total. The third kappa shape index (κ3) is 4.83. The van der Waals surface area contributed by atoms with E-state index in [4.69, 9.17) is 0 Å².